The highest BCUT2D eigenvalue weighted by Crippen LogP contribution is 2.27. The van der Waals surface area contributed by atoms with Gasteiger partial charge in [0, 0.05) is 13.1 Å². The number of urea groups is 1. The zero-order chi connectivity index (χ0) is 14.7. The van der Waals surface area contributed by atoms with E-state index in [2.05, 4.69) is 12.2 Å². The second kappa shape index (κ2) is 6.29. The van der Waals surface area contributed by atoms with Gasteiger partial charge in [0.1, 0.15) is 0 Å². The fraction of sp³-hybridized carbons (Fsp3) is 0.733. The van der Waals surface area contributed by atoms with Crippen LogP contribution in [0.25, 0.3) is 0 Å². The molecule has 4 unspecified atom stereocenters. The summed E-state index contributed by atoms with van der Waals surface area (Å²) in [6.45, 7) is 2.20. The molecular formula is C15H24N2O3. The van der Waals surface area contributed by atoms with E-state index in [1.54, 1.807) is 17.1 Å². The highest BCUT2D eigenvalue weighted by atomic mass is 16.4. The van der Waals surface area contributed by atoms with E-state index >= 15 is 0 Å². The lowest BCUT2D eigenvalue weighted by Gasteiger charge is -2.36. The van der Waals surface area contributed by atoms with Crippen LogP contribution in [0.1, 0.15) is 39.0 Å². The van der Waals surface area contributed by atoms with Gasteiger partial charge < -0.3 is 15.3 Å². The van der Waals surface area contributed by atoms with E-state index < -0.39 is 11.9 Å². The van der Waals surface area contributed by atoms with Gasteiger partial charge >= 0.3 is 12.0 Å². The topological polar surface area (TPSA) is 69.6 Å². The lowest BCUT2D eigenvalue weighted by atomic mass is 9.85. The number of nitrogens with one attached hydrogen (secondary N) is 1. The third kappa shape index (κ3) is 3.32. The molecule has 0 heterocycles. The summed E-state index contributed by atoms with van der Waals surface area (Å²) < 4.78 is 0. The molecule has 0 aromatic rings. The molecule has 2 amide bonds. The van der Waals surface area contributed by atoms with Crippen LogP contribution in [0.15, 0.2) is 12.2 Å². The quantitative estimate of drug-likeness (QED) is 0.779. The molecule has 5 nitrogen and oxygen atoms in total. The average molecular weight is 280 g/mol. The molecule has 0 bridgehead atoms. The predicted molar refractivity (Wildman–Crippen MR) is 76.4 cm³/mol. The van der Waals surface area contributed by atoms with E-state index in [9.17, 15) is 9.59 Å². The summed E-state index contributed by atoms with van der Waals surface area (Å²) in [6.07, 6.45) is 8.56. The molecule has 1 fully saturated rings. The van der Waals surface area contributed by atoms with Crippen LogP contribution in [0.5, 0.6) is 0 Å². The molecular weight excluding hydrogens is 256 g/mol. The molecule has 20 heavy (non-hydrogen) atoms. The molecule has 0 aliphatic heterocycles. The summed E-state index contributed by atoms with van der Waals surface area (Å²) in [4.78, 5) is 24.9. The molecule has 1 saturated carbocycles. The summed E-state index contributed by atoms with van der Waals surface area (Å²) in [6, 6.07) is 0.0405. The number of rotatable bonds is 3. The Morgan fingerprint density at radius 3 is 2.55 bits per heavy atom. The van der Waals surface area contributed by atoms with E-state index in [4.69, 9.17) is 5.11 Å². The van der Waals surface area contributed by atoms with Crippen molar-refractivity contribution in [2.75, 3.05) is 7.05 Å². The van der Waals surface area contributed by atoms with E-state index in [1.165, 1.54) is 19.3 Å². The van der Waals surface area contributed by atoms with Crippen molar-refractivity contribution in [1.29, 1.82) is 0 Å². The van der Waals surface area contributed by atoms with E-state index in [0.29, 0.717) is 18.4 Å². The standard InChI is InChI=1S/C15H24N2O3/c1-10-5-3-4-6-13(10)17(2)15(20)16-12-8-7-11(9-12)14(18)19/h7-8,10-13H,3-6,9H2,1-2H3,(H,16,20)(H,18,19). The van der Waals surface area contributed by atoms with E-state index in [0.717, 1.165) is 6.42 Å². The average Bonchev–Trinajstić information content (AvgIpc) is 2.87. The van der Waals surface area contributed by atoms with Crippen LogP contribution >= 0.6 is 0 Å². The number of amides is 2. The Labute approximate surface area is 120 Å². The van der Waals surface area contributed by atoms with E-state index in [-0.39, 0.29) is 12.1 Å². The Kier molecular flexibility index (Phi) is 4.68. The number of nitrogens with zero attached hydrogens (tertiary/aromatic N) is 1. The first-order valence-corrected chi connectivity index (χ1v) is 7.43. The fourth-order valence-corrected chi connectivity index (χ4v) is 3.27. The zero-order valence-electron chi connectivity index (χ0n) is 12.2. The predicted octanol–water partition coefficient (Wildman–Crippen LogP) is 2.24. The summed E-state index contributed by atoms with van der Waals surface area (Å²) in [5.41, 5.74) is 0. The zero-order valence-corrected chi connectivity index (χ0v) is 12.2. The Hall–Kier alpha value is -1.52. The van der Waals surface area contributed by atoms with Crippen LogP contribution in [0.4, 0.5) is 4.79 Å². The monoisotopic (exact) mass is 280 g/mol. The Morgan fingerprint density at radius 1 is 1.25 bits per heavy atom. The summed E-state index contributed by atoms with van der Waals surface area (Å²) >= 11 is 0. The number of hydrogen-bond acceptors (Lipinski definition) is 2. The summed E-state index contributed by atoms with van der Waals surface area (Å²) in [5.74, 6) is -0.767. The van der Waals surface area contributed by atoms with Gasteiger partial charge in [0.25, 0.3) is 0 Å². The third-order valence-electron chi connectivity index (χ3n) is 4.59. The smallest absolute Gasteiger partial charge is 0.317 e. The van der Waals surface area contributed by atoms with Gasteiger partial charge in [-0.25, -0.2) is 4.79 Å². The lowest BCUT2D eigenvalue weighted by molar-refractivity contribution is -0.140. The number of carboxylic acid groups (broad SMARTS) is 1. The first-order chi connectivity index (χ1) is 9.49. The molecule has 112 valence electrons. The van der Waals surface area contributed by atoms with Crippen molar-refractivity contribution >= 4 is 12.0 Å². The maximum atomic E-state index is 12.3. The molecule has 0 spiro atoms. The van der Waals surface area contributed by atoms with Crippen LogP contribution in [-0.4, -0.2) is 41.1 Å². The molecule has 5 heteroatoms. The summed E-state index contributed by atoms with van der Waals surface area (Å²) in [7, 11) is 1.84. The first kappa shape index (κ1) is 14.9. The van der Waals surface area contributed by atoms with Gasteiger partial charge in [-0.15, -0.1) is 0 Å². The van der Waals surface area contributed by atoms with Gasteiger partial charge in [0.2, 0.25) is 0 Å². The highest BCUT2D eigenvalue weighted by Gasteiger charge is 2.30. The number of aliphatic carboxylic acids is 1. The van der Waals surface area contributed by atoms with Crippen molar-refractivity contribution in [3.63, 3.8) is 0 Å². The molecule has 0 aromatic carbocycles. The van der Waals surface area contributed by atoms with Gasteiger partial charge in [0.15, 0.2) is 0 Å². The Bertz CT molecular complexity index is 408. The van der Waals surface area contributed by atoms with Crippen LogP contribution in [0.3, 0.4) is 0 Å². The van der Waals surface area contributed by atoms with Crippen molar-refractivity contribution in [3.8, 4) is 0 Å². The number of carbonyl (C=O) groups is 2. The van der Waals surface area contributed by atoms with Crippen molar-refractivity contribution in [2.24, 2.45) is 11.8 Å². The van der Waals surface area contributed by atoms with Crippen molar-refractivity contribution in [1.82, 2.24) is 10.2 Å². The minimum atomic E-state index is -0.827. The molecule has 2 rings (SSSR count). The van der Waals surface area contributed by atoms with Crippen molar-refractivity contribution in [3.05, 3.63) is 12.2 Å². The largest absolute Gasteiger partial charge is 0.481 e. The Balaban J connectivity index is 1.86. The molecule has 4 atom stereocenters. The number of hydrogen-bond donors (Lipinski definition) is 2. The number of carboxylic acids is 1. The highest BCUT2D eigenvalue weighted by molar-refractivity contribution is 5.76. The molecule has 2 aliphatic rings. The van der Waals surface area contributed by atoms with Gasteiger partial charge in [-0.1, -0.05) is 31.9 Å². The second-order valence-electron chi connectivity index (χ2n) is 6.06. The fourth-order valence-electron chi connectivity index (χ4n) is 3.27. The minimum absolute atomic E-state index is 0.0931. The van der Waals surface area contributed by atoms with Crippen molar-refractivity contribution < 1.29 is 14.7 Å². The van der Waals surface area contributed by atoms with E-state index in [1.807, 2.05) is 7.05 Å². The maximum absolute atomic E-state index is 12.3. The maximum Gasteiger partial charge on any atom is 0.317 e. The molecule has 2 aliphatic carbocycles. The summed E-state index contributed by atoms with van der Waals surface area (Å²) in [5, 5.41) is 11.9. The third-order valence-corrected chi connectivity index (χ3v) is 4.59. The number of carbonyl (C=O) groups excluding carboxylic acids is 1. The van der Waals surface area contributed by atoms with Crippen molar-refractivity contribution in [2.45, 2.75) is 51.1 Å². The first-order valence-electron chi connectivity index (χ1n) is 7.43. The van der Waals surface area contributed by atoms with Crippen LogP contribution in [0.2, 0.25) is 0 Å². The van der Waals surface area contributed by atoms with Crippen LogP contribution < -0.4 is 5.32 Å². The Morgan fingerprint density at radius 2 is 1.95 bits per heavy atom. The molecule has 0 radical (unpaired) electrons. The molecule has 0 aromatic heterocycles. The molecule has 0 saturated heterocycles. The minimum Gasteiger partial charge on any atom is -0.481 e. The lowest BCUT2D eigenvalue weighted by Crippen LogP contribution is -2.49. The SMILES string of the molecule is CC1CCCCC1N(C)C(=O)NC1C=CC(C(=O)O)C1. The van der Waals surface area contributed by atoms with Gasteiger partial charge in [-0.3, -0.25) is 4.79 Å². The second-order valence-corrected chi connectivity index (χ2v) is 6.06. The normalized spacial score (nSPS) is 32.9. The van der Waals surface area contributed by atoms with Crippen LogP contribution in [0, 0.1) is 11.8 Å². The van der Waals surface area contributed by atoms with Crippen LogP contribution in [-0.2, 0) is 4.79 Å². The van der Waals surface area contributed by atoms with Gasteiger partial charge in [-0.05, 0) is 25.2 Å². The van der Waals surface area contributed by atoms with Gasteiger partial charge in [-0.2, -0.15) is 0 Å². The van der Waals surface area contributed by atoms with Gasteiger partial charge in [0.05, 0.1) is 12.0 Å². The molecule has 2 N–H and O–H groups in total.